The SMILES string of the molecule is Cc1nc(Nc2ncc(C(=O)Nc3c(C)cccc3Cl)s2)cc(N2CCN(C(=O)CCCCCCCCCCCC(=O)NC(C(=O)N3C[C@H](O)C[C@H]3C(=O)NCc3ccc(-c4scnc4C)cc3)C(C)(C)C)CC2)n1. The zero-order chi connectivity index (χ0) is 53.6. The predicted octanol–water partition coefficient (Wildman–Crippen LogP) is 9.38. The highest BCUT2D eigenvalue weighted by Crippen LogP contribution is 2.31. The average Bonchev–Trinajstić information content (AvgIpc) is 4.14. The number of para-hydroxylation sites is 1. The molecule has 1 unspecified atom stereocenters. The Morgan fingerprint density at radius 2 is 1.53 bits per heavy atom. The number of hydrogen-bond acceptors (Lipinski definition) is 14. The molecule has 2 fully saturated rings. The van der Waals surface area contributed by atoms with Gasteiger partial charge in [-0.25, -0.2) is 19.9 Å². The van der Waals surface area contributed by atoms with Crippen molar-refractivity contribution in [2.75, 3.05) is 48.3 Å². The second-order valence-corrected chi connectivity index (χ2v) is 23.0. The Balaban J connectivity index is 0.736. The van der Waals surface area contributed by atoms with Crippen LogP contribution in [0.4, 0.5) is 22.5 Å². The van der Waals surface area contributed by atoms with Crippen LogP contribution in [0.2, 0.25) is 5.02 Å². The molecule has 402 valence electrons. The number of likely N-dealkylation sites (tertiary alicyclic amines) is 1. The number of nitrogens with zero attached hydrogens (tertiary/aromatic N) is 7. The molecule has 0 saturated carbocycles. The molecule has 5 N–H and O–H groups in total. The number of piperazine rings is 1. The van der Waals surface area contributed by atoms with E-state index in [2.05, 4.69) is 46.1 Å². The van der Waals surface area contributed by atoms with Crippen molar-refractivity contribution in [3.05, 3.63) is 92.8 Å². The summed E-state index contributed by atoms with van der Waals surface area (Å²) in [5.41, 5.74) is 5.59. The minimum absolute atomic E-state index is 0.0300. The normalized spacial score (nSPS) is 16.2. The molecule has 0 bridgehead atoms. The molecule has 3 aromatic heterocycles. The summed E-state index contributed by atoms with van der Waals surface area (Å²) in [6, 6.07) is 13.6. The first-order valence-corrected chi connectivity index (χ1v) is 28.2. The first-order valence-electron chi connectivity index (χ1n) is 26.2. The van der Waals surface area contributed by atoms with Gasteiger partial charge in [0.15, 0.2) is 5.13 Å². The summed E-state index contributed by atoms with van der Waals surface area (Å²) >= 11 is 9.10. The van der Waals surface area contributed by atoms with Gasteiger partial charge in [0.2, 0.25) is 23.6 Å². The number of nitrogens with one attached hydrogen (secondary N) is 4. The van der Waals surface area contributed by atoms with Crippen molar-refractivity contribution in [2.24, 2.45) is 5.41 Å². The van der Waals surface area contributed by atoms with Gasteiger partial charge in [-0.3, -0.25) is 24.0 Å². The third-order valence-electron chi connectivity index (χ3n) is 13.7. The minimum atomic E-state index is -0.853. The van der Waals surface area contributed by atoms with E-state index in [0.29, 0.717) is 77.8 Å². The summed E-state index contributed by atoms with van der Waals surface area (Å²) in [6.07, 6.45) is 10.5. The van der Waals surface area contributed by atoms with Gasteiger partial charge in [0.25, 0.3) is 5.91 Å². The van der Waals surface area contributed by atoms with Gasteiger partial charge in [-0.05, 0) is 61.8 Å². The van der Waals surface area contributed by atoms with Gasteiger partial charge in [-0.15, -0.1) is 11.3 Å². The minimum Gasteiger partial charge on any atom is -0.391 e. The second kappa shape index (κ2) is 26.6. The van der Waals surface area contributed by atoms with Crippen molar-refractivity contribution >= 4 is 86.3 Å². The molecule has 0 spiro atoms. The number of hydrogen-bond donors (Lipinski definition) is 5. The fourth-order valence-corrected chi connectivity index (χ4v) is 11.2. The lowest BCUT2D eigenvalue weighted by Gasteiger charge is -2.35. The highest BCUT2D eigenvalue weighted by Gasteiger charge is 2.44. The third-order valence-corrected chi connectivity index (χ3v) is 15.9. The highest BCUT2D eigenvalue weighted by atomic mass is 35.5. The number of amides is 5. The van der Waals surface area contributed by atoms with Crippen molar-refractivity contribution in [1.82, 2.24) is 40.4 Å². The fourth-order valence-electron chi connectivity index (χ4n) is 9.45. The Morgan fingerprint density at radius 1 is 0.853 bits per heavy atom. The van der Waals surface area contributed by atoms with E-state index in [1.54, 1.807) is 17.4 Å². The standard InChI is InChI=1S/C55H72ClN11O6S2/c1-35-17-16-18-41(56)48(35)64-52(72)43-32-58-54(75-43)62-44-30-45(61-37(3)60-44)65-25-27-66(28-26-65)47(70)20-15-13-11-9-7-8-10-12-14-19-46(69)63-50(55(4,5)6)53(73)67-33-40(68)29-42(67)51(71)57-31-38-21-23-39(24-22-38)49-36(2)59-34-74-49/h16-18,21-24,30,32,34,40,42,50,68H,7-15,19-20,25-29,31,33H2,1-6H3,(H,57,71)(H,63,69)(H,64,72)(H,58,60,61,62)/t40-,42+,50?/m1/s1. The number of carbonyl (C=O) groups is 5. The number of thiazole rings is 2. The zero-order valence-electron chi connectivity index (χ0n) is 44.0. The molecular weight excluding hydrogens is 1010 g/mol. The third kappa shape index (κ3) is 16.0. The van der Waals surface area contributed by atoms with Gasteiger partial charge in [0.1, 0.15) is 34.4 Å². The molecule has 0 radical (unpaired) electrons. The molecule has 2 aliphatic heterocycles. The highest BCUT2D eigenvalue weighted by molar-refractivity contribution is 7.17. The number of unbranched alkanes of at least 4 members (excludes halogenated alkanes) is 8. The molecular formula is C55H72ClN11O6S2. The van der Waals surface area contributed by atoms with Gasteiger partial charge in [-0.1, -0.05) is 125 Å². The van der Waals surface area contributed by atoms with E-state index in [0.717, 1.165) is 84.4 Å². The number of halogens is 1. The van der Waals surface area contributed by atoms with Crippen LogP contribution in [0.1, 0.15) is 130 Å². The van der Waals surface area contributed by atoms with Crippen LogP contribution in [0.25, 0.3) is 10.4 Å². The lowest BCUT2D eigenvalue weighted by Crippen LogP contribution is -2.57. The molecule has 5 aromatic rings. The van der Waals surface area contributed by atoms with E-state index >= 15 is 0 Å². The van der Waals surface area contributed by atoms with E-state index < -0.39 is 23.6 Å². The van der Waals surface area contributed by atoms with Crippen LogP contribution in [0.3, 0.4) is 0 Å². The van der Waals surface area contributed by atoms with E-state index in [4.69, 9.17) is 11.6 Å². The number of aromatic nitrogens is 4. The maximum absolute atomic E-state index is 14.0. The smallest absolute Gasteiger partial charge is 0.267 e. The molecule has 2 saturated heterocycles. The van der Waals surface area contributed by atoms with E-state index in [1.807, 2.05) is 94.4 Å². The molecule has 17 nitrogen and oxygen atoms in total. The van der Waals surface area contributed by atoms with Crippen molar-refractivity contribution in [3.8, 4) is 10.4 Å². The van der Waals surface area contributed by atoms with Crippen LogP contribution >= 0.6 is 34.3 Å². The van der Waals surface area contributed by atoms with Gasteiger partial charge >= 0.3 is 0 Å². The van der Waals surface area contributed by atoms with Crippen LogP contribution < -0.4 is 26.2 Å². The van der Waals surface area contributed by atoms with E-state index in [9.17, 15) is 29.1 Å². The van der Waals surface area contributed by atoms with Crippen LogP contribution in [-0.2, 0) is 25.7 Å². The molecule has 75 heavy (non-hydrogen) atoms. The Morgan fingerprint density at radius 3 is 2.19 bits per heavy atom. The predicted molar refractivity (Wildman–Crippen MR) is 298 cm³/mol. The molecule has 5 amide bonds. The lowest BCUT2D eigenvalue weighted by molar-refractivity contribution is -0.144. The molecule has 0 aliphatic carbocycles. The first-order chi connectivity index (χ1) is 35.9. The monoisotopic (exact) mass is 1080 g/mol. The molecule has 2 aromatic carbocycles. The molecule has 20 heteroatoms. The Hall–Kier alpha value is -6.02. The van der Waals surface area contributed by atoms with Crippen molar-refractivity contribution < 1.29 is 29.1 Å². The zero-order valence-corrected chi connectivity index (χ0v) is 46.4. The Bertz CT molecular complexity index is 2730. The summed E-state index contributed by atoms with van der Waals surface area (Å²) in [5.74, 6) is 0.920. The lowest BCUT2D eigenvalue weighted by atomic mass is 9.85. The van der Waals surface area contributed by atoms with Gasteiger partial charge in [0, 0.05) is 64.6 Å². The van der Waals surface area contributed by atoms with Crippen molar-refractivity contribution in [2.45, 2.75) is 143 Å². The second-order valence-electron chi connectivity index (χ2n) is 20.7. The Labute approximate surface area is 453 Å². The number of rotatable bonds is 23. The largest absolute Gasteiger partial charge is 0.391 e. The topological polar surface area (TPSA) is 215 Å². The maximum atomic E-state index is 14.0. The quantitative estimate of drug-likeness (QED) is 0.0387. The number of aliphatic hydroxyl groups excluding tert-OH is 1. The average molecular weight is 1080 g/mol. The summed E-state index contributed by atoms with van der Waals surface area (Å²) in [4.78, 5) is 91.8. The number of aryl methyl sites for hydroxylation is 3. The number of β-amino-alcohol motifs (C(OH)–C–C–N with tert-alkyl or cyclic N) is 1. The molecule has 2 aliphatic rings. The number of anilines is 4. The maximum Gasteiger partial charge on any atom is 0.267 e. The van der Waals surface area contributed by atoms with Crippen LogP contribution in [0, 0.1) is 26.2 Å². The summed E-state index contributed by atoms with van der Waals surface area (Å²) in [6.45, 7) is 14.2. The summed E-state index contributed by atoms with van der Waals surface area (Å²) < 4.78 is 0. The van der Waals surface area contributed by atoms with Gasteiger partial charge < -0.3 is 41.1 Å². The molecule has 5 heterocycles. The summed E-state index contributed by atoms with van der Waals surface area (Å²) in [7, 11) is 0. The van der Waals surface area contributed by atoms with Gasteiger partial charge in [-0.2, -0.15) is 0 Å². The van der Waals surface area contributed by atoms with E-state index in [-0.39, 0.29) is 49.0 Å². The Kier molecular flexibility index (Phi) is 20.1. The van der Waals surface area contributed by atoms with Crippen molar-refractivity contribution in [3.63, 3.8) is 0 Å². The van der Waals surface area contributed by atoms with Gasteiger partial charge in [0.05, 0.1) is 39.1 Å². The fraction of sp³-hybridized carbons (Fsp3) is 0.509. The van der Waals surface area contributed by atoms with E-state index in [1.165, 1.54) is 22.4 Å². The first kappa shape index (κ1) is 56.7. The number of carbonyl (C=O) groups excluding carboxylic acids is 5. The molecule has 3 atom stereocenters. The van der Waals surface area contributed by atoms with Crippen LogP contribution in [0.15, 0.2) is 60.2 Å². The van der Waals surface area contributed by atoms with Crippen LogP contribution in [0.5, 0.6) is 0 Å². The summed E-state index contributed by atoms with van der Waals surface area (Å²) in [5, 5.41) is 23.6. The molecule has 7 rings (SSSR count). The number of aliphatic hydroxyl groups is 1. The number of benzene rings is 2. The van der Waals surface area contributed by atoms with Crippen LogP contribution in [-0.4, -0.2) is 115 Å². The van der Waals surface area contributed by atoms with Crippen molar-refractivity contribution in [1.29, 1.82) is 0 Å².